The number of halogens is 1. The lowest BCUT2D eigenvalue weighted by atomic mass is 10.1. The summed E-state index contributed by atoms with van der Waals surface area (Å²) in [6.07, 6.45) is 1.99. The fraction of sp³-hybridized carbons (Fsp3) is 0.182. The van der Waals surface area contributed by atoms with E-state index in [-0.39, 0.29) is 12.2 Å². The Morgan fingerprint density at radius 3 is 2.83 bits per heavy atom. The molecule has 0 saturated carbocycles. The van der Waals surface area contributed by atoms with Crippen molar-refractivity contribution in [2.45, 2.75) is 6.92 Å². The van der Waals surface area contributed by atoms with Crippen molar-refractivity contribution in [1.82, 2.24) is 0 Å². The Labute approximate surface area is 101 Å². The van der Waals surface area contributed by atoms with Crippen LogP contribution in [0.5, 0.6) is 5.75 Å². The molecule has 0 aromatic heterocycles. The monoisotopic (exact) mass is 255 g/mol. The van der Waals surface area contributed by atoms with Crippen molar-refractivity contribution in [3.8, 4) is 5.75 Å². The molecule has 1 aromatic rings. The lowest BCUT2D eigenvalue weighted by Crippen LogP contribution is -1.99. The number of phenolic OH excluding ortho intramolecular Hbond substituents is 1. The minimum atomic E-state index is -0.876. The maximum absolute atomic E-state index is 13.3. The Kier molecular flexibility index (Phi) is 4.36. The van der Waals surface area contributed by atoms with Crippen molar-refractivity contribution >= 4 is 17.7 Å². The van der Waals surface area contributed by atoms with E-state index in [1.54, 1.807) is 6.92 Å². The first kappa shape index (κ1) is 13.6. The molecule has 6 nitrogen and oxygen atoms in total. The largest absolute Gasteiger partial charge is 0.502 e. The molecule has 0 aliphatic carbocycles. The van der Waals surface area contributed by atoms with Crippen LogP contribution in [0.15, 0.2) is 18.2 Å². The number of hydrogen-bond donors (Lipinski definition) is 1. The number of esters is 1. The number of nitro benzene ring substituents is 1. The molecule has 7 heteroatoms. The third-order valence-corrected chi connectivity index (χ3v) is 1.98. The summed E-state index contributed by atoms with van der Waals surface area (Å²) >= 11 is 0. The summed E-state index contributed by atoms with van der Waals surface area (Å²) in [4.78, 5) is 20.7. The highest BCUT2D eigenvalue weighted by atomic mass is 19.1. The van der Waals surface area contributed by atoms with Crippen molar-refractivity contribution in [3.63, 3.8) is 0 Å². The predicted molar refractivity (Wildman–Crippen MR) is 60.4 cm³/mol. The number of carbonyl (C=O) groups excluding carboxylic acids is 1. The minimum absolute atomic E-state index is 0.168. The second kappa shape index (κ2) is 5.76. The fourth-order valence-electron chi connectivity index (χ4n) is 1.19. The zero-order valence-corrected chi connectivity index (χ0v) is 9.42. The first-order valence-electron chi connectivity index (χ1n) is 4.97. The number of aromatic hydroxyl groups is 1. The second-order valence-corrected chi connectivity index (χ2v) is 3.20. The van der Waals surface area contributed by atoms with Crippen LogP contribution in [-0.2, 0) is 9.53 Å². The molecule has 18 heavy (non-hydrogen) atoms. The third kappa shape index (κ3) is 3.27. The summed E-state index contributed by atoms with van der Waals surface area (Å²) in [5, 5.41) is 19.7. The topological polar surface area (TPSA) is 89.7 Å². The average Bonchev–Trinajstić information content (AvgIpc) is 2.27. The molecule has 0 spiro atoms. The smallest absolute Gasteiger partial charge is 0.330 e. The molecular weight excluding hydrogens is 245 g/mol. The highest BCUT2D eigenvalue weighted by molar-refractivity contribution is 5.87. The van der Waals surface area contributed by atoms with Crippen LogP contribution in [0.1, 0.15) is 12.5 Å². The number of ether oxygens (including phenoxy) is 1. The molecule has 1 N–H and O–H groups in total. The normalized spacial score (nSPS) is 10.6. The van der Waals surface area contributed by atoms with Crippen LogP contribution in [0.3, 0.4) is 0 Å². The number of phenols is 1. The van der Waals surface area contributed by atoms with E-state index in [1.807, 2.05) is 0 Å². The van der Waals surface area contributed by atoms with Crippen LogP contribution in [0.4, 0.5) is 10.1 Å². The van der Waals surface area contributed by atoms with Gasteiger partial charge in [-0.05, 0) is 13.0 Å². The van der Waals surface area contributed by atoms with Crippen LogP contribution < -0.4 is 0 Å². The lowest BCUT2D eigenvalue weighted by molar-refractivity contribution is -0.385. The van der Waals surface area contributed by atoms with Crippen LogP contribution in [0.25, 0.3) is 6.08 Å². The van der Waals surface area contributed by atoms with E-state index in [0.717, 1.165) is 18.2 Å². The Bertz CT molecular complexity index is 512. The van der Waals surface area contributed by atoms with E-state index in [0.29, 0.717) is 6.07 Å². The summed E-state index contributed by atoms with van der Waals surface area (Å²) < 4.78 is 17.9. The number of carbonyl (C=O) groups is 1. The Hall–Kier alpha value is -2.44. The molecule has 0 aliphatic heterocycles. The highest BCUT2D eigenvalue weighted by Crippen LogP contribution is 2.29. The zero-order valence-electron chi connectivity index (χ0n) is 9.42. The molecule has 0 amide bonds. The van der Waals surface area contributed by atoms with Crippen molar-refractivity contribution in [2.75, 3.05) is 6.61 Å². The SMILES string of the molecule is CCOC(=O)C=Cc1cc([N+](=O)[O-])c(O)cc1F. The molecule has 1 aromatic carbocycles. The summed E-state index contributed by atoms with van der Waals surface area (Å²) in [6.45, 7) is 1.78. The molecule has 0 unspecified atom stereocenters. The van der Waals surface area contributed by atoms with Crippen LogP contribution in [-0.4, -0.2) is 22.6 Å². The van der Waals surface area contributed by atoms with Gasteiger partial charge in [0.15, 0.2) is 5.75 Å². The van der Waals surface area contributed by atoms with Crippen molar-refractivity contribution in [1.29, 1.82) is 0 Å². The molecule has 96 valence electrons. The zero-order chi connectivity index (χ0) is 13.7. The van der Waals surface area contributed by atoms with Gasteiger partial charge >= 0.3 is 11.7 Å². The van der Waals surface area contributed by atoms with E-state index in [9.17, 15) is 19.3 Å². The maximum atomic E-state index is 13.3. The summed E-state index contributed by atoms with van der Waals surface area (Å²) in [5.41, 5.74) is -0.826. The number of nitrogens with zero attached hydrogens (tertiary/aromatic N) is 1. The van der Waals surface area contributed by atoms with Gasteiger partial charge in [-0.3, -0.25) is 10.1 Å². The first-order chi connectivity index (χ1) is 8.45. The lowest BCUT2D eigenvalue weighted by Gasteiger charge is -2.00. The standard InChI is InChI=1S/C11H10FNO5/c1-2-18-11(15)4-3-7-5-9(13(16)17)10(14)6-8(7)12/h3-6,14H,2H2,1H3. The first-order valence-corrected chi connectivity index (χ1v) is 4.97. The van der Waals surface area contributed by atoms with E-state index < -0.39 is 28.1 Å². The molecule has 0 radical (unpaired) electrons. The third-order valence-electron chi connectivity index (χ3n) is 1.98. The fourth-order valence-corrected chi connectivity index (χ4v) is 1.19. The van der Waals surface area contributed by atoms with E-state index in [2.05, 4.69) is 4.74 Å². The second-order valence-electron chi connectivity index (χ2n) is 3.20. The Morgan fingerprint density at radius 1 is 1.61 bits per heavy atom. The van der Waals surface area contributed by atoms with E-state index in [4.69, 9.17) is 5.11 Å². The van der Waals surface area contributed by atoms with Gasteiger partial charge in [-0.2, -0.15) is 0 Å². The molecule has 0 fully saturated rings. The number of benzene rings is 1. The summed E-state index contributed by atoms with van der Waals surface area (Å²) in [7, 11) is 0. The van der Waals surface area contributed by atoms with Crippen LogP contribution in [0.2, 0.25) is 0 Å². The maximum Gasteiger partial charge on any atom is 0.330 e. The predicted octanol–water partition coefficient (Wildman–Crippen LogP) is 2.02. The van der Waals surface area contributed by atoms with Crippen LogP contribution in [0, 0.1) is 15.9 Å². The van der Waals surface area contributed by atoms with Gasteiger partial charge in [-0.15, -0.1) is 0 Å². The highest BCUT2D eigenvalue weighted by Gasteiger charge is 2.16. The van der Waals surface area contributed by atoms with Gasteiger partial charge in [-0.25, -0.2) is 9.18 Å². The number of rotatable bonds is 4. The summed E-state index contributed by atoms with van der Waals surface area (Å²) in [5.74, 6) is -2.34. The van der Waals surface area contributed by atoms with E-state index in [1.165, 1.54) is 0 Å². The Morgan fingerprint density at radius 2 is 2.28 bits per heavy atom. The Balaban J connectivity index is 3.06. The van der Waals surface area contributed by atoms with Gasteiger partial charge in [0.1, 0.15) is 5.82 Å². The van der Waals surface area contributed by atoms with Gasteiger partial charge in [0.05, 0.1) is 11.5 Å². The molecule has 0 atom stereocenters. The molecule has 0 aliphatic rings. The molecule has 0 bridgehead atoms. The molecule has 1 rings (SSSR count). The van der Waals surface area contributed by atoms with E-state index >= 15 is 0 Å². The van der Waals surface area contributed by atoms with Gasteiger partial charge in [0.2, 0.25) is 0 Å². The quantitative estimate of drug-likeness (QED) is 0.384. The average molecular weight is 255 g/mol. The summed E-state index contributed by atoms with van der Waals surface area (Å²) in [6, 6.07) is 1.45. The van der Waals surface area contributed by atoms with Crippen molar-refractivity contribution in [3.05, 3.63) is 39.7 Å². The minimum Gasteiger partial charge on any atom is -0.502 e. The number of hydrogen-bond acceptors (Lipinski definition) is 5. The van der Waals surface area contributed by atoms with Gasteiger partial charge in [-0.1, -0.05) is 0 Å². The van der Waals surface area contributed by atoms with Gasteiger partial charge in [0, 0.05) is 23.8 Å². The van der Waals surface area contributed by atoms with Gasteiger partial charge < -0.3 is 9.84 Å². The van der Waals surface area contributed by atoms with Crippen molar-refractivity contribution in [2.24, 2.45) is 0 Å². The van der Waals surface area contributed by atoms with Crippen molar-refractivity contribution < 1.29 is 24.0 Å². The van der Waals surface area contributed by atoms with Crippen LogP contribution >= 0.6 is 0 Å². The molecule has 0 heterocycles. The molecule has 0 saturated heterocycles. The molecular formula is C11H10FNO5. The number of nitro groups is 1. The van der Waals surface area contributed by atoms with Gasteiger partial charge in [0.25, 0.3) is 0 Å².